The first kappa shape index (κ1) is 10.7. The fraction of sp³-hybridized carbons (Fsp3) is 0.778. The molecule has 0 fully saturated rings. The molecular weight excluding hydrogens is 136 g/mol. The predicted molar refractivity (Wildman–Crippen MR) is 50.5 cm³/mol. The van der Waals surface area contributed by atoms with Crippen LogP contribution >= 0.6 is 0 Å². The summed E-state index contributed by atoms with van der Waals surface area (Å²) in [4.78, 5) is 2.25. The van der Waals surface area contributed by atoms with Crippen LogP contribution in [0.5, 0.6) is 0 Å². The molecule has 0 aromatic heterocycles. The lowest BCUT2D eigenvalue weighted by molar-refractivity contribution is 0.310. The van der Waals surface area contributed by atoms with Crippen LogP contribution in [0.25, 0.3) is 0 Å². The highest BCUT2D eigenvalue weighted by Gasteiger charge is 2.03. The normalized spacial score (nSPS) is 13.5. The highest BCUT2D eigenvalue weighted by molar-refractivity contribution is 4.91. The predicted octanol–water partition coefficient (Wildman–Crippen LogP) is 1.09. The zero-order valence-electron chi connectivity index (χ0n) is 7.93. The standard InChI is InChI=1S/C9H20N2/c1-8(2)6-11(4)7-9(3)5-10/h9H,1,5-7,10H2,2-4H3. The van der Waals surface area contributed by atoms with E-state index >= 15 is 0 Å². The second kappa shape index (κ2) is 5.33. The first-order valence-electron chi connectivity index (χ1n) is 4.09. The van der Waals surface area contributed by atoms with Crippen LogP contribution in [0.2, 0.25) is 0 Å². The van der Waals surface area contributed by atoms with E-state index in [4.69, 9.17) is 5.73 Å². The molecule has 0 amide bonds. The van der Waals surface area contributed by atoms with Crippen molar-refractivity contribution in [2.75, 3.05) is 26.7 Å². The van der Waals surface area contributed by atoms with Crippen molar-refractivity contribution in [3.63, 3.8) is 0 Å². The third kappa shape index (κ3) is 6.07. The molecule has 0 radical (unpaired) electrons. The van der Waals surface area contributed by atoms with Crippen LogP contribution in [0.4, 0.5) is 0 Å². The Bertz CT molecular complexity index is 121. The van der Waals surface area contributed by atoms with Crippen molar-refractivity contribution in [1.82, 2.24) is 4.90 Å². The van der Waals surface area contributed by atoms with Crippen molar-refractivity contribution < 1.29 is 0 Å². The zero-order valence-corrected chi connectivity index (χ0v) is 7.93. The van der Waals surface area contributed by atoms with Crippen LogP contribution in [0.3, 0.4) is 0 Å². The van der Waals surface area contributed by atoms with Gasteiger partial charge in [0.1, 0.15) is 0 Å². The van der Waals surface area contributed by atoms with Gasteiger partial charge in [0.15, 0.2) is 0 Å². The van der Waals surface area contributed by atoms with Gasteiger partial charge in [-0.3, -0.25) is 0 Å². The maximum Gasteiger partial charge on any atom is 0.0184 e. The minimum absolute atomic E-state index is 0.583. The van der Waals surface area contributed by atoms with Crippen molar-refractivity contribution in [3.05, 3.63) is 12.2 Å². The Kier molecular flexibility index (Phi) is 5.16. The van der Waals surface area contributed by atoms with E-state index in [9.17, 15) is 0 Å². The van der Waals surface area contributed by atoms with Gasteiger partial charge in [0, 0.05) is 13.1 Å². The molecule has 1 atom stereocenters. The van der Waals surface area contributed by atoms with E-state index in [1.165, 1.54) is 5.57 Å². The van der Waals surface area contributed by atoms with Gasteiger partial charge in [-0.25, -0.2) is 0 Å². The lowest BCUT2D eigenvalue weighted by Gasteiger charge is -2.19. The number of nitrogens with zero attached hydrogens (tertiary/aromatic N) is 1. The van der Waals surface area contributed by atoms with Gasteiger partial charge in [-0.05, 0) is 26.4 Å². The molecule has 1 unspecified atom stereocenters. The Labute approximate surface area is 70.1 Å². The van der Waals surface area contributed by atoms with Gasteiger partial charge in [0.2, 0.25) is 0 Å². The van der Waals surface area contributed by atoms with Crippen molar-refractivity contribution >= 4 is 0 Å². The monoisotopic (exact) mass is 156 g/mol. The summed E-state index contributed by atoms with van der Waals surface area (Å²) in [5.74, 6) is 0.583. The molecule has 11 heavy (non-hydrogen) atoms. The van der Waals surface area contributed by atoms with Crippen LogP contribution in [0, 0.1) is 5.92 Å². The summed E-state index contributed by atoms with van der Waals surface area (Å²) in [6.07, 6.45) is 0. The Balaban J connectivity index is 3.51. The van der Waals surface area contributed by atoms with E-state index in [1.54, 1.807) is 0 Å². The molecule has 2 N–H and O–H groups in total. The van der Waals surface area contributed by atoms with Crippen molar-refractivity contribution in [3.8, 4) is 0 Å². The molecular formula is C9H20N2. The van der Waals surface area contributed by atoms with Crippen LogP contribution < -0.4 is 5.73 Å². The third-order valence-electron chi connectivity index (χ3n) is 1.57. The molecule has 66 valence electrons. The fourth-order valence-electron chi connectivity index (χ4n) is 1.13. The van der Waals surface area contributed by atoms with Crippen LogP contribution in [0.1, 0.15) is 13.8 Å². The smallest absolute Gasteiger partial charge is 0.0184 e. The van der Waals surface area contributed by atoms with Gasteiger partial charge in [0.25, 0.3) is 0 Å². The fourth-order valence-corrected chi connectivity index (χ4v) is 1.13. The Morgan fingerprint density at radius 1 is 1.64 bits per heavy atom. The van der Waals surface area contributed by atoms with E-state index in [0.29, 0.717) is 5.92 Å². The van der Waals surface area contributed by atoms with Crippen molar-refractivity contribution in [2.24, 2.45) is 11.7 Å². The molecule has 0 rings (SSSR count). The summed E-state index contributed by atoms with van der Waals surface area (Å²) in [5.41, 5.74) is 6.71. The maximum absolute atomic E-state index is 5.50. The average Bonchev–Trinajstić information content (AvgIpc) is 1.85. The first-order chi connectivity index (χ1) is 5.06. The minimum Gasteiger partial charge on any atom is -0.330 e. The SMILES string of the molecule is C=C(C)CN(C)CC(C)CN. The highest BCUT2D eigenvalue weighted by atomic mass is 15.1. The van der Waals surface area contributed by atoms with Crippen LogP contribution in [0.15, 0.2) is 12.2 Å². The quantitative estimate of drug-likeness (QED) is 0.604. The Morgan fingerprint density at radius 2 is 2.18 bits per heavy atom. The molecule has 0 aromatic rings. The Hall–Kier alpha value is -0.340. The molecule has 0 saturated carbocycles. The summed E-state index contributed by atoms with van der Waals surface area (Å²) in [5, 5.41) is 0. The lowest BCUT2D eigenvalue weighted by atomic mass is 10.1. The molecule has 0 spiro atoms. The van der Waals surface area contributed by atoms with Gasteiger partial charge in [-0.15, -0.1) is 0 Å². The molecule has 0 aliphatic heterocycles. The van der Waals surface area contributed by atoms with Crippen LogP contribution in [-0.4, -0.2) is 31.6 Å². The summed E-state index contributed by atoms with van der Waals surface area (Å²) in [6.45, 7) is 10.9. The van der Waals surface area contributed by atoms with Gasteiger partial charge < -0.3 is 10.6 Å². The molecule has 2 heteroatoms. The van der Waals surface area contributed by atoms with Crippen molar-refractivity contribution in [2.45, 2.75) is 13.8 Å². The van der Waals surface area contributed by atoms with E-state index < -0.39 is 0 Å². The second-order valence-electron chi connectivity index (χ2n) is 3.49. The van der Waals surface area contributed by atoms with E-state index in [1.807, 2.05) is 6.92 Å². The second-order valence-corrected chi connectivity index (χ2v) is 3.49. The van der Waals surface area contributed by atoms with E-state index in [2.05, 4.69) is 25.5 Å². The summed E-state index contributed by atoms with van der Waals surface area (Å²) < 4.78 is 0. The largest absolute Gasteiger partial charge is 0.330 e. The molecule has 0 heterocycles. The average molecular weight is 156 g/mol. The number of hydrogen-bond acceptors (Lipinski definition) is 2. The number of nitrogens with two attached hydrogens (primary N) is 1. The molecule has 0 bridgehead atoms. The summed E-state index contributed by atoms with van der Waals surface area (Å²) >= 11 is 0. The summed E-state index contributed by atoms with van der Waals surface area (Å²) in [7, 11) is 2.10. The van der Waals surface area contributed by atoms with Crippen LogP contribution in [-0.2, 0) is 0 Å². The third-order valence-corrected chi connectivity index (χ3v) is 1.57. The van der Waals surface area contributed by atoms with E-state index in [0.717, 1.165) is 19.6 Å². The summed E-state index contributed by atoms with van der Waals surface area (Å²) in [6, 6.07) is 0. The lowest BCUT2D eigenvalue weighted by Crippen LogP contribution is -2.29. The molecule has 2 nitrogen and oxygen atoms in total. The number of hydrogen-bond donors (Lipinski definition) is 1. The Morgan fingerprint density at radius 3 is 2.55 bits per heavy atom. The number of likely N-dealkylation sites (N-methyl/N-ethyl adjacent to an activating group) is 1. The number of rotatable bonds is 5. The van der Waals surface area contributed by atoms with Crippen molar-refractivity contribution in [1.29, 1.82) is 0 Å². The molecule has 0 aromatic carbocycles. The maximum atomic E-state index is 5.50. The van der Waals surface area contributed by atoms with Gasteiger partial charge in [-0.2, -0.15) is 0 Å². The molecule has 0 aliphatic rings. The van der Waals surface area contributed by atoms with E-state index in [-0.39, 0.29) is 0 Å². The van der Waals surface area contributed by atoms with Gasteiger partial charge in [-0.1, -0.05) is 19.1 Å². The minimum atomic E-state index is 0.583. The molecule has 0 aliphatic carbocycles. The topological polar surface area (TPSA) is 29.3 Å². The highest BCUT2D eigenvalue weighted by Crippen LogP contribution is 1.98. The van der Waals surface area contributed by atoms with Gasteiger partial charge in [0.05, 0.1) is 0 Å². The first-order valence-corrected chi connectivity index (χ1v) is 4.09. The zero-order chi connectivity index (χ0) is 8.85. The molecule has 0 saturated heterocycles. The van der Waals surface area contributed by atoms with Gasteiger partial charge >= 0.3 is 0 Å².